The molecule has 2 aromatic carbocycles. The average molecular weight is 324 g/mol. The van der Waals surface area contributed by atoms with Gasteiger partial charge in [-0.2, -0.15) is 5.10 Å². The minimum Gasteiger partial charge on any atom is -0.366 e. The quantitative estimate of drug-likeness (QED) is 0.675. The molecule has 0 unspecified atom stereocenters. The summed E-state index contributed by atoms with van der Waals surface area (Å²) in [4.78, 5) is 11.4. The van der Waals surface area contributed by atoms with Gasteiger partial charge in [-0.1, -0.05) is 12.1 Å². The number of hydrogen-bond donors (Lipinski definition) is 3. The summed E-state index contributed by atoms with van der Waals surface area (Å²) in [5.41, 5.74) is 7.96. The Bertz CT molecular complexity index is 930. The van der Waals surface area contributed by atoms with E-state index in [-0.39, 0.29) is 5.82 Å². The van der Waals surface area contributed by atoms with Crippen molar-refractivity contribution < 1.29 is 9.18 Å². The predicted molar refractivity (Wildman–Crippen MR) is 89.9 cm³/mol. The zero-order valence-corrected chi connectivity index (χ0v) is 13.0. The van der Waals surface area contributed by atoms with Gasteiger partial charge in [-0.3, -0.25) is 9.89 Å². The maximum Gasteiger partial charge on any atom is 0.248 e. The third kappa shape index (κ3) is 2.65. The van der Waals surface area contributed by atoms with Crippen LogP contribution in [0.25, 0.3) is 22.2 Å². The fourth-order valence-electron chi connectivity index (χ4n) is 2.81. The van der Waals surface area contributed by atoms with E-state index in [0.29, 0.717) is 40.4 Å². The number of nitrogens with zero attached hydrogens (tertiary/aromatic N) is 1. The first-order valence-electron chi connectivity index (χ1n) is 7.92. The fraction of sp³-hybridized carbons (Fsp3) is 0.222. The lowest BCUT2D eigenvalue weighted by Crippen LogP contribution is -2.16. The average Bonchev–Trinajstić information content (AvgIpc) is 3.31. The van der Waals surface area contributed by atoms with Crippen molar-refractivity contribution in [2.75, 3.05) is 0 Å². The monoisotopic (exact) mass is 324 g/mol. The molecular weight excluding hydrogens is 307 g/mol. The molecule has 1 aliphatic carbocycles. The van der Waals surface area contributed by atoms with Crippen molar-refractivity contribution in [2.45, 2.75) is 25.4 Å². The first kappa shape index (κ1) is 14.8. The summed E-state index contributed by atoms with van der Waals surface area (Å²) in [6.45, 7) is 0.499. The molecule has 3 aromatic rings. The molecule has 1 aliphatic rings. The van der Waals surface area contributed by atoms with Crippen LogP contribution in [-0.4, -0.2) is 22.1 Å². The van der Waals surface area contributed by atoms with E-state index in [1.165, 1.54) is 0 Å². The molecule has 24 heavy (non-hydrogen) atoms. The molecule has 5 nitrogen and oxygen atoms in total. The summed E-state index contributed by atoms with van der Waals surface area (Å²) in [6, 6.07) is 10.8. The van der Waals surface area contributed by atoms with Gasteiger partial charge in [0.1, 0.15) is 11.5 Å². The van der Waals surface area contributed by atoms with Crippen molar-refractivity contribution in [3.05, 3.63) is 53.3 Å². The lowest BCUT2D eigenvalue weighted by molar-refractivity contribution is 0.100. The Balaban J connectivity index is 1.77. The molecule has 4 N–H and O–H groups in total. The van der Waals surface area contributed by atoms with Crippen LogP contribution in [0.1, 0.15) is 28.8 Å². The molecule has 6 heteroatoms. The van der Waals surface area contributed by atoms with Crippen LogP contribution in [0.15, 0.2) is 36.4 Å². The molecule has 122 valence electrons. The molecule has 0 atom stereocenters. The van der Waals surface area contributed by atoms with Crippen LogP contribution in [-0.2, 0) is 6.54 Å². The normalized spacial score (nSPS) is 14.2. The number of amides is 1. The standard InChI is InChI=1S/C18H17FN4O/c19-16-11(9-21-12-5-6-12)2-1-3-13(16)17-14-8-10(18(20)24)4-7-15(14)22-23-17/h1-4,7-8,12,21H,5-6,9H2,(H2,20,24)(H,22,23). The Kier molecular flexibility index (Phi) is 3.54. The molecule has 0 saturated heterocycles. The van der Waals surface area contributed by atoms with E-state index in [9.17, 15) is 9.18 Å². The molecule has 4 rings (SSSR count). The van der Waals surface area contributed by atoms with Gasteiger partial charge < -0.3 is 11.1 Å². The number of halogens is 1. The minimum absolute atomic E-state index is 0.288. The zero-order valence-electron chi connectivity index (χ0n) is 13.0. The second-order valence-electron chi connectivity index (χ2n) is 6.13. The fourth-order valence-corrected chi connectivity index (χ4v) is 2.81. The lowest BCUT2D eigenvalue weighted by atomic mass is 10.0. The number of carbonyl (C=O) groups excluding carboxylic acids is 1. The van der Waals surface area contributed by atoms with Crippen LogP contribution < -0.4 is 11.1 Å². The van der Waals surface area contributed by atoms with Crippen LogP contribution in [0.4, 0.5) is 4.39 Å². The van der Waals surface area contributed by atoms with E-state index >= 15 is 0 Å². The molecule has 0 spiro atoms. The van der Waals surface area contributed by atoms with Gasteiger partial charge in [0.15, 0.2) is 0 Å². The number of hydrogen-bond acceptors (Lipinski definition) is 3. The van der Waals surface area contributed by atoms with E-state index in [4.69, 9.17) is 5.73 Å². The Morgan fingerprint density at radius 1 is 1.33 bits per heavy atom. The Labute approximate surface area is 138 Å². The van der Waals surface area contributed by atoms with E-state index in [1.54, 1.807) is 30.3 Å². The van der Waals surface area contributed by atoms with Gasteiger partial charge in [0, 0.05) is 34.7 Å². The first-order chi connectivity index (χ1) is 11.6. The summed E-state index contributed by atoms with van der Waals surface area (Å²) in [6.07, 6.45) is 2.31. The van der Waals surface area contributed by atoms with Crippen LogP contribution >= 0.6 is 0 Å². The Morgan fingerprint density at radius 2 is 2.17 bits per heavy atom. The number of benzene rings is 2. The van der Waals surface area contributed by atoms with Gasteiger partial charge in [-0.25, -0.2) is 4.39 Å². The number of aromatic amines is 1. The number of primary amides is 1. The topological polar surface area (TPSA) is 83.8 Å². The van der Waals surface area contributed by atoms with Crippen molar-refractivity contribution in [2.24, 2.45) is 5.73 Å². The van der Waals surface area contributed by atoms with Crippen LogP contribution in [0.5, 0.6) is 0 Å². The maximum absolute atomic E-state index is 14.9. The number of nitrogens with one attached hydrogen (secondary N) is 2. The highest BCUT2D eigenvalue weighted by Gasteiger charge is 2.21. The van der Waals surface area contributed by atoms with Gasteiger partial charge in [-0.05, 0) is 37.1 Å². The van der Waals surface area contributed by atoms with Crippen molar-refractivity contribution in [3.8, 4) is 11.3 Å². The summed E-state index contributed by atoms with van der Waals surface area (Å²) < 4.78 is 14.9. The van der Waals surface area contributed by atoms with Crippen LogP contribution in [0.2, 0.25) is 0 Å². The van der Waals surface area contributed by atoms with Crippen molar-refractivity contribution in [1.29, 1.82) is 0 Å². The summed E-state index contributed by atoms with van der Waals surface area (Å²) in [7, 11) is 0. The van der Waals surface area contributed by atoms with Crippen LogP contribution in [0, 0.1) is 5.82 Å². The molecule has 0 aliphatic heterocycles. The number of H-pyrrole nitrogens is 1. The van der Waals surface area contributed by atoms with Gasteiger partial charge in [0.25, 0.3) is 0 Å². The van der Waals surface area contributed by atoms with Gasteiger partial charge in [0.05, 0.1) is 5.52 Å². The third-order valence-electron chi connectivity index (χ3n) is 4.34. The minimum atomic E-state index is -0.521. The highest BCUT2D eigenvalue weighted by Crippen LogP contribution is 2.30. The lowest BCUT2D eigenvalue weighted by Gasteiger charge is -2.08. The summed E-state index contributed by atoms with van der Waals surface area (Å²) >= 11 is 0. The second kappa shape index (κ2) is 5.72. The summed E-state index contributed by atoms with van der Waals surface area (Å²) in [5.74, 6) is -0.810. The zero-order chi connectivity index (χ0) is 16.7. The molecule has 1 aromatic heterocycles. The highest BCUT2D eigenvalue weighted by molar-refractivity contribution is 6.00. The SMILES string of the molecule is NC(=O)c1ccc2[nH]nc(-c3cccc(CNC4CC4)c3F)c2c1. The summed E-state index contributed by atoms with van der Waals surface area (Å²) in [5, 5.41) is 11.1. The molecular formula is C18H17FN4O. The van der Waals surface area contributed by atoms with Crippen molar-refractivity contribution in [3.63, 3.8) is 0 Å². The second-order valence-corrected chi connectivity index (χ2v) is 6.13. The largest absolute Gasteiger partial charge is 0.366 e. The molecule has 1 saturated carbocycles. The first-order valence-corrected chi connectivity index (χ1v) is 7.92. The molecule has 0 bridgehead atoms. The van der Waals surface area contributed by atoms with E-state index < -0.39 is 5.91 Å². The number of rotatable bonds is 5. The Morgan fingerprint density at radius 3 is 2.92 bits per heavy atom. The smallest absolute Gasteiger partial charge is 0.248 e. The van der Waals surface area contributed by atoms with E-state index in [1.807, 2.05) is 6.07 Å². The van der Waals surface area contributed by atoms with Gasteiger partial charge >= 0.3 is 0 Å². The molecule has 1 heterocycles. The predicted octanol–water partition coefficient (Wildman–Crippen LogP) is 2.72. The van der Waals surface area contributed by atoms with E-state index in [2.05, 4.69) is 15.5 Å². The van der Waals surface area contributed by atoms with Gasteiger partial charge in [-0.15, -0.1) is 0 Å². The van der Waals surface area contributed by atoms with Crippen LogP contribution in [0.3, 0.4) is 0 Å². The number of aromatic nitrogens is 2. The molecule has 1 amide bonds. The number of fused-ring (bicyclic) bond motifs is 1. The van der Waals surface area contributed by atoms with Crippen molar-refractivity contribution in [1.82, 2.24) is 15.5 Å². The number of carbonyl (C=O) groups is 1. The van der Waals surface area contributed by atoms with Crippen molar-refractivity contribution >= 4 is 16.8 Å². The van der Waals surface area contributed by atoms with E-state index in [0.717, 1.165) is 18.4 Å². The Hall–Kier alpha value is -2.73. The van der Waals surface area contributed by atoms with Gasteiger partial charge in [0.2, 0.25) is 5.91 Å². The third-order valence-corrected chi connectivity index (χ3v) is 4.34. The molecule has 0 radical (unpaired) electrons. The highest BCUT2D eigenvalue weighted by atomic mass is 19.1. The number of nitrogens with two attached hydrogens (primary N) is 1. The molecule has 1 fully saturated rings. The maximum atomic E-state index is 14.9.